The Kier molecular flexibility index (Phi) is 8.21. The molecule has 176 valence electrons. The number of aromatic nitrogens is 4. The predicted molar refractivity (Wildman–Crippen MR) is 126 cm³/mol. The number of hydrogen-bond acceptors (Lipinski definition) is 7. The number of carbonyl (C=O) groups excluding carboxylic acids is 1. The van der Waals surface area contributed by atoms with Crippen LogP contribution in [-0.2, 0) is 11.3 Å². The first-order chi connectivity index (χ1) is 15.8. The molecule has 0 saturated heterocycles. The molecule has 10 nitrogen and oxygen atoms in total. The number of halogens is 1. The third-order valence-corrected chi connectivity index (χ3v) is 5.10. The Bertz CT molecular complexity index is 1150. The highest BCUT2D eigenvalue weighted by Gasteiger charge is 2.25. The van der Waals surface area contributed by atoms with E-state index in [2.05, 4.69) is 20.8 Å². The largest absolute Gasteiger partial charge is 0.394 e. The van der Waals surface area contributed by atoms with Gasteiger partial charge in [-0.1, -0.05) is 37.6 Å². The van der Waals surface area contributed by atoms with Gasteiger partial charge in [0.25, 0.3) is 11.5 Å². The van der Waals surface area contributed by atoms with Crippen molar-refractivity contribution in [2.75, 3.05) is 17.2 Å². The molecule has 0 aliphatic heterocycles. The van der Waals surface area contributed by atoms with E-state index >= 15 is 0 Å². The smallest absolute Gasteiger partial charge is 0.269 e. The third kappa shape index (κ3) is 6.64. The number of aliphatic hydroxyl groups excluding tert-OH is 2. The van der Waals surface area contributed by atoms with Crippen LogP contribution >= 0.6 is 11.6 Å². The van der Waals surface area contributed by atoms with Crippen LogP contribution in [0.3, 0.4) is 0 Å². The molecule has 3 aromatic rings. The molecule has 0 spiro atoms. The van der Waals surface area contributed by atoms with Crippen molar-refractivity contribution in [1.82, 2.24) is 19.6 Å². The van der Waals surface area contributed by atoms with Gasteiger partial charge < -0.3 is 20.8 Å². The van der Waals surface area contributed by atoms with E-state index in [1.54, 1.807) is 30.5 Å². The fourth-order valence-electron chi connectivity index (χ4n) is 3.22. The van der Waals surface area contributed by atoms with E-state index in [1.165, 1.54) is 16.9 Å². The minimum Gasteiger partial charge on any atom is -0.394 e. The monoisotopic (exact) mass is 474 g/mol. The molecule has 2 aromatic heterocycles. The normalized spacial score (nSPS) is 13.0. The van der Waals surface area contributed by atoms with Crippen molar-refractivity contribution in [2.45, 2.75) is 39.0 Å². The summed E-state index contributed by atoms with van der Waals surface area (Å²) in [6, 6.07) is 9.21. The summed E-state index contributed by atoms with van der Waals surface area (Å²) < 4.78 is 2.56. The average molecular weight is 475 g/mol. The molecule has 0 bridgehead atoms. The number of nitrogens with one attached hydrogen (secondary N) is 2. The van der Waals surface area contributed by atoms with E-state index in [1.807, 2.05) is 19.9 Å². The average Bonchev–Trinajstić information content (AvgIpc) is 3.20. The van der Waals surface area contributed by atoms with Crippen molar-refractivity contribution in [3.05, 3.63) is 64.2 Å². The molecule has 2 atom stereocenters. The second kappa shape index (κ2) is 11.1. The van der Waals surface area contributed by atoms with Crippen LogP contribution in [0.5, 0.6) is 0 Å². The van der Waals surface area contributed by atoms with Gasteiger partial charge in [-0.3, -0.25) is 14.3 Å². The van der Waals surface area contributed by atoms with Gasteiger partial charge in [-0.2, -0.15) is 10.2 Å². The van der Waals surface area contributed by atoms with Crippen molar-refractivity contribution in [3.63, 3.8) is 0 Å². The Morgan fingerprint density at radius 2 is 2.00 bits per heavy atom. The van der Waals surface area contributed by atoms with Crippen molar-refractivity contribution < 1.29 is 15.0 Å². The fourth-order valence-corrected chi connectivity index (χ4v) is 3.40. The van der Waals surface area contributed by atoms with E-state index in [9.17, 15) is 14.7 Å². The SMILES string of the molecule is CC(C)CC(C(=O)Nc1ccn(C[C@@H](O)CO)n1)n1ncc(Nc2ccccc2Cl)cc1=O. The number of anilines is 3. The number of rotatable bonds is 10. The van der Waals surface area contributed by atoms with Crippen molar-refractivity contribution >= 4 is 34.7 Å². The zero-order chi connectivity index (χ0) is 24.0. The lowest BCUT2D eigenvalue weighted by atomic mass is 10.0. The molecule has 11 heteroatoms. The molecule has 0 saturated carbocycles. The summed E-state index contributed by atoms with van der Waals surface area (Å²) in [5.41, 5.74) is 0.648. The highest BCUT2D eigenvalue weighted by atomic mass is 35.5. The van der Waals surface area contributed by atoms with Gasteiger partial charge in [0, 0.05) is 18.3 Å². The Hall–Kier alpha value is -3.21. The van der Waals surface area contributed by atoms with Crippen LogP contribution in [-0.4, -0.2) is 48.4 Å². The lowest BCUT2D eigenvalue weighted by molar-refractivity contribution is -0.120. The summed E-state index contributed by atoms with van der Waals surface area (Å²) >= 11 is 6.16. The maximum absolute atomic E-state index is 13.0. The van der Waals surface area contributed by atoms with Crippen molar-refractivity contribution in [1.29, 1.82) is 0 Å². The minimum atomic E-state index is -0.956. The van der Waals surface area contributed by atoms with E-state index in [4.69, 9.17) is 16.7 Å². The summed E-state index contributed by atoms with van der Waals surface area (Å²) in [5.74, 6) is -0.0466. The van der Waals surface area contributed by atoms with Gasteiger partial charge in [0.15, 0.2) is 5.82 Å². The number of amides is 1. The van der Waals surface area contributed by atoms with Gasteiger partial charge in [-0.25, -0.2) is 4.68 Å². The van der Waals surface area contributed by atoms with Gasteiger partial charge in [0.1, 0.15) is 6.04 Å². The van der Waals surface area contributed by atoms with Crippen LogP contribution in [0.4, 0.5) is 17.2 Å². The molecular formula is C22H27ClN6O4. The Balaban J connectivity index is 1.78. The standard InChI is InChI=1S/C22H27ClN6O4/c1-14(2)9-19(22(33)26-20-7-8-28(27-20)12-16(31)13-30)29-21(32)10-15(11-24-29)25-18-6-4-3-5-17(18)23/h3-8,10-11,14,16,19,25,30-31H,9,12-13H2,1-2H3,(H,26,27,33)/t16-,19?/m1/s1. The molecule has 2 heterocycles. The van der Waals surface area contributed by atoms with Crippen LogP contribution in [0.15, 0.2) is 53.6 Å². The maximum atomic E-state index is 13.0. The Labute approximate surface area is 195 Å². The third-order valence-electron chi connectivity index (χ3n) is 4.77. The zero-order valence-electron chi connectivity index (χ0n) is 18.3. The molecule has 1 unspecified atom stereocenters. The van der Waals surface area contributed by atoms with Gasteiger partial charge in [-0.05, 0) is 24.5 Å². The van der Waals surface area contributed by atoms with E-state index < -0.39 is 30.2 Å². The minimum absolute atomic E-state index is 0.0860. The first-order valence-corrected chi connectivity index (χ1v) is 10.9. The van der Waals surface area contributed by atoms with E-state index in [0.29, 0.717) is 22.8 Å². The van der Waals surface area contributed by atoms with E-state index in [0.717, 1.165) is 4.68 Å². The molecule has 0 aliphatic rings. The molecule has 1 aromatic carbocycles. The molecule has 0 radical (unpaired) electrons. The first-order valence-electron chi connectivity index (χ1n) is 10.5. The first kappa shape index (κ1) is 24.4. The maximum Gasteiger partial charge on any atom is 0.269 e. The van der Waals surface area contributed by atoms with Crippen LogP contribution in [0.25, 0.3) is 0 Å². The van der Waals surface area contributed by atoms with Crippen molar-refractivity contribution in [2.24, 2.45) is 5.92 Å². The molecule has 33 heavy (non-hydrogen) atoms. The Morgan fingerprint density at radius 3 is 2.67 bits per heavy atom. The van der Waals surface area contributed by atoms with Crippen LogP contribution in [0.2, 0.25) is 5.02 Å². The second-order valence-electron chi connectivity index (χ2n) is 8.03. The quantitative estimate of drug-likeness (QED) is 0.354. The van der Waals surface area contributed by atoms with E-state index in [-0.39, 0.29) is 18.3 Å². The number of carbonyl (C=O) groups is 1. The van der Waals surface area contributed by atoms with Gasteiger partial charge in [0.05, 0.1) is 41.8 Å². The highest BCUT2D eigenvalue weighted by molar-refractivity contribution is 6.33. The lowest BCUT2D eigenvalue weighted by Crippen LogP contribution is -2.35. The zero-order valence-corrected chi connectivity index (χ0v) is 19.1. The summed E-state index contributed by atoms with van der Waals surface area (Å²) in [6.07, 6.45) is 2.48. The molecular weight excluding hydrogens is 448 g/mol. The summed E-state index contributed by atoms with van der Waals surface area (Å²) in [7, 11) is 0. The summed E-state index contributed by atoms with van der Waals surface area (Å²) in [6.45, 7) is 3.59. The van der Waals surface area contributed by atoms with Crippen LogP contribution in [0.1, 0.15) is 26.3 Å². The molecule has 4 N–H and O–H groups in total. The molecule has 0 fully saturated rings. The van der Waals surface area contributed by atoms with Crippen LogP contribution < -0.4 is 16.2 Å². The summed E-state index contributed by atoms with van der Waals surface area (Å²) in [5, 5.41) is 33.2. The fraction of sp³-hybridized carbons (Fsp3) is 0.364. The highest BCUT2D eigenvalue weighted by Crippen LogP contribution is 2.24. The van der Waals surface area contributed by atoms with Crippen LogP contribution in [0, 0.1) is 5.92 Å². The number of benzene rings is 1. The molecule has 0 aliphatic carbocycles. The number of hydrogen-bond donors (Lipinski definition) is 4. The van der Waals surface area contributed by atoms with Gasteiger partial charge in [0.2, 0.25) is 0 Å². The molecule has 3 rings (SSSR count). The lowest BCUT2D eigenvalue weighted by Gasteiger charge is -2.20. The number of para-hydroxylation sites is 1. The number of nitrogens with zero attached hydrogens (tertiary/aromatic N) is 4. The molecule has 1 amide bonds. The Morgan fingerprint density at radius 1 is 1.24 bits per heavy atom. The topological polar surface area (TPSA) is 134 Å². The van der Waals surface area contributed by atoms with Crippen molar-refractivity contribution in [3.8, 4) is 0 Å². The van der Waals surface area contributed by atoms with Gasteiger partial charge >= 0.3 is 0 Å². The number of aliphatic hydroxyl groups is 2. The second-order valence-corrected chi connectivity index (χ2v) is 8.43. The summed E-state index contributed by atoms with van der Waals surface area (Å²) in [4.78, 5) is 25.9. The predicted octanol–water partition coefficient (Wildman–Crippen LogP) is 2.42. The van der Waals surface area contributed by atoms with Gasteiger partial charge in [-0.15, -0.1) is 0 Å².